The lowest BCUT2D eigenvalue weighted by Gasteiger charge is -2.12. The highest BCUT2D eigenvalue weighted by Gasteiger charge is 2.30. The quantitative estimate of drug-likeness (QED) is 0.935. The Morgan fingerprint density at radius 1 is 1.25 bits per heavy atom. The van der Waals surface area contributed by atoms with Crippen molar-refractivity contribution >= 4 is 16.8 Å². The SMILES string of the molecule is NC(=O)CCn1ccc(=O)c2cc(C(F)(F)F)ccc21. The Kier molecular flexibility index (Phi) is 3.52. The van der Waals surface area contributed by atoms with E-state index in [1.54, 1.807) is 0 Å². The van der Waals surface area contributed by atoms with E-state index in [1.807, 2.05) is 0 Å². The summed E-state index contributed by atoms with van der Waals surface area (Å²) in [6.45, 7) is 0.206. The van der Waals surface area contributed by atoms with Gasteiger partial charge in [-0.2, -0.15) is 13.2 Å². The van der Waals surface area contributed by atoms with Crippen molar-refractivity contribution in [3.05, 3.63) is 46.2 Å². The van der Waals surface area contributed by atoms with E-state index in [1.165, 1.54) is 22.9 Å². The van der Waals surface area contributed by atoms with Gasteiger partial charge in [0.15, 0.2) is 5.43 Å². The highest BCUT2D eigenvalue weighted by molar-refractivity contribution is 5.80. The van der Waals surface area contributed by atoms with Crippen LogP contribution < -0.4 is 11.2 Å². The third-order valence-corrected chi connectivity index (χ3v) is 2.90. The Morgan fingerprint density at radius 3 is 2.55 bits per heavy atom. The first-order valence-electron chi connectivity index (χ1n) is 5.78. The fraction of sp³-hybridized carbons (Fsp3) is 0.231. The predicted octanol–water partition coefficient (Wildman–Crippen LogP) is 1.90. The Labute approximate surface area is 111 Å². The van der Waals surface area contributed by atoms with Crippen molar-refractivity contribution in [1.82, 2.24) is 4.57 Å². The van der Waals surface area contributed by atoms with Crippen LogP contribution in [0.5, 0.6) is 0 Å². The Bertz CT molecular complexity index is 720. The first-order valence-corrected chi connectivity index (χ1v) is 5.78. The number of benzene rings is 1. The molecule has 2 rings (SSSR count). The molecular formula is C13H11F3N2O2. The Hall–Kier alpha value is -2.31. The van der Waals surface area contributed by atoms with E-state index in [4.69, 9.17) is 5.73 Å². The van der Waals surface area contributed by atoms with Crippen LogP contribution >= 0.6 is 0 Å². The maximum atomic E-state index is 12.6. The van der Waals surface area contributed by atoms with Crippen molar-refractivity contribution in [3.63, 3.8) is 0 Å². The molecule has 0 saturated heterocycles. The van der Waals surface area contributed by atoms with E-state index in [2.05, 4.69) is 0 Å². The highest BCUT2D eigenvalue weighted by Crippen LogP contribution is 2.30. The van der Waals surface area contributed by atoms with E-state index in [0.29, 0.717) is 5.52 Å². The second kappa shape index (κ2) is 4.99. The Morgan fingerprint density at radius 2 is 1.95 bits per heavy atom. The second-order valence-electron chi connectivity index (χ2n) is 4.32. The molecule has 106 valence electrons. The van der Waals surface area contributed by atoms with Gasteiger partial charge in [0.25, 0.3) is 0 Å². The van der Waals surface area contributed by atoms with E-state index in [9.17, 15) is 22.8 Å². The summed E-state index contributed by atoms with van der Waals surface area (Å²) in [7, 11) is 0. The summed E-state index contributed by atoms with van der Waals surface area (Å²) in [5, 5.41) is -0.0354. The number of nitrogens with zero attached hydrogens (tertiary/aromatic N) is 1. The minimum atomic E-state index is -4.51. The summed E-state index contributed by atoms with van der Waals surface area (Å²) >= 11 is 0. The fourth-order valence-electron chi connectivity index (χ4n) is 1.91. The lowest BCUT2D eigenvalue weighted by Crippen LogP contribution is -2.16. The molecule has 7 heteroatoms. The number of rotatable bonds is 3. The number of hydrogen-bond acceptors (Lipinski definition) is 2. The van der Waals surface area contributed by atoms with Gasteiger partial charge in [0.2, 0.25) is 5.91 Å². The number of halogens is 3. The van der Waals surface area contributed by atoms with Crippen LogP contribution in [0, 0.1) is 0 Å². The maximum absolute atomic E-state index is 12.6. The van der Waals surface area contributed by atoms with Crippen molar-refractivity contribution in [3.8, 4) is 0 Å². The number of aromatic nitrogens is 1. The Balaban J connectivity index is 2.56. The molecule has 1 aromatic carbocycles. The number of amides is 1. The van der Waals surface area contributed by atoms with Crippen LogP contribution in [0.3, 0.4) is 0 Å². The number of aryl methyl sites for hydroxylation is 1. The van der Waals surface area contributed by atoms with Crippen molar-refractivity contribution in [2.45, 2.75) is 19.1 Å². The molecule has 0 unspecified atom stereocenters. The molecule has 0 bridgehead atoms. The molecule has 0 radical (unpaired) electrons. The van der Waals surface area contributed by atoms with Crippen molar-refractivity contribution < 1.29 is 18.0 Å². The molecule has 0 aliphatic carbocycles. The first-order chi connectivity index (χ1) is 9.29. The van der Waals surface area contributed by atoms with Gasteiger partial charge >= 0.3 is 6.18 Å². The van der Waals surface area contributed by atoms with Gasteiger partial charge in [0.1, 0.15) is 0 Å². The number of hydrogen-bond donors (Lipinski definition) is 1. The van der Waals surface area contributed by atoms with E-state index in [-0.39, 0.29) is 18.4 Å². The van der Waals surface area contributed by atoms with Crippen molar-refractivity contribution in [1.29, 1.82) is 0 Å². The zero-order chi connectivity index (χ0) is 14.9. The molecule has 20 heavy (non-hydrogen) atoms. The van der Waals surface area contributed by atoms with Gasteiger partial charge in [0.05, 0.1) is 11.1 Å². The van der Waals surface area contributed by atoms with Gasteiger partial charge in [-0.3, -0.25) is 9.59 Å². The lowest BCUT2D eigenvalue weighted by atomic mass is 10.1. The van der Waals surface area contributed by atoms with Gasteiger partial charge in [-0.15, -0.1) is 0 Å². The van der Waals surface area contributed by atoms with Gasteiger partial charge in [-0.25, -0.2) is 0 Å². The number of fused-ring (bicyclic) bond motifs is 1. The minimum absolute atomic E-state index is 0.0354. The topological polar surface area (TPSA) is 65.1 Å². The van der Waals surface area contributed by atoms with Crippen LogP contribution in [0.25, 0.3) is 10.9 Å². The van der Waals surface area contributed by atoms with Crippen LogP contribution in [0.1, 0.15) is 12.0 Å². The standard InChI is InChI=1S/C13H11F3N2O2/c14-13(15,16)8-1-2-10-9(7-8)11(19)3-5-18(10)6-4-12(17)20/h1-3,5,7H,4,6H2,(H2,17,20). The third kappa shape index (κ3) is 2.81. The zero-order valence-electron chi connectivity index (χ0n) is 10.3. The third-order valence-electron chi connectivity index (χ3n) is 2.90. The molecule has 0 atom stereocenters. The molecule has 0 fully saturated rings. The summed E-state index contributed by atoms with van der Waals surface area (Å²) in [6.07, 6.45) is -3.03. The molecule has 1 aromatic heterocycles. The smallest absolute Gasteiger partial charge is 0.370 e. The van der Waals surface area contributed by atoms with Crippen LogP contribution in [-0.2, 0) is 17.5 Å². The van der Waals surface area contributed by atoms with Gasteiger partial charge < -0.3 is 10.3 Å². The van der Waals surface area contributed by atoms with E-state index >= 15 is 0 Å². The number of primary amides is 1. The summed E-state index contributed by atoms with van der Waals surface area (Å²) in [6, 6.07) is 4.12. The van der Waals surface area contributed by atoms with Gasteiger partial charge in [0, 0.05) is 30.6 Å². The van der Waals surface area contributed by atoms with Crippen LogP contribution in [-0.4, -0.2) is 10.5 Å². The minimum Gasteiger partial charge on any atom is -0.370 e. The number of pyridine rings is 1. The molecule has 4 nitrogen and oxygen atoms in total. The van der Waals surface area contributed by atoms with Crippen molar-refractivity contribution in [2.24, 2.45) is 5.73 Å². The average molecular weight is 284 g/mol. The zero-order valence-corrected chi connectivity index (χ0v) is 10.3. The summed E-state index contributed by atoms with van der Waals surface area (Å²) in [4.78, 5) is 22.4. The summed E-state index contributed by atoms with van der Waals surface area (Å²) in [5.41, 5.74) is 3.99. The molecular weight excluding hydrogens is 273 g/mol. The number of alkyl halides is 3. The monoisotopic (exact) mass is 284 g/mol. The maximum Gasteiger partial charge on any atom is 0.416 e. The van der Waals surface area contributed by atoms with Crippen LogP contribution in [0.2, 0.25) is 0 Å². The normalized spacial score (nSPS) is 11.8. The van der Waals surface area contributed by atoms with Crippen LogP contribution in [0.15, 0.2) is 35.3 Å². The number of carbonyl (C=O) groups is 1. The molecule has 0 saturated carbocycles. The molecule has 2 aromatic rings. The van der Waals surface area contributed by atoms with Gasteiger partial charge in [-0.05, 0) is 18.2 Å². The molecule has 0 spiro atoms. The van der Waals surface area contributed by atoms with E-state index in [0.717, 1.165) is 12.1 Å². The molecule has 0 aliphatic heterocycles. The van der Waals surface area contributed by atoms with Gasteiger partial charge in [-0.1, -0.05) is 0 Å². The van der Waals surface area contributed by atoms with Crippen LogP contribution in [0.4, 0.5) is 13.2 Å². The number of nitrogens with two attached hydrogens (primary N) is 1. The molecule has 2 N–H and O–H groups in total. The summed E-state index contributed by atoms with van der Waals surface area (Å²) in [5.74, 6) is -0.524. The molecule has 0 aliphatic rings. The number of carbonyl (C=O) groups excluding carboxylic acids is 1. The molecule has 1 amide bonds. The fourth-order valence-corrected chi connectivity index (χ4v) is 1.91. The second-order valence-corrected chi connectivity index (χ2v) is 4.32. The van der Waals surface area contributed by atoms with Crippen molar-refractivity contribution in [2.75, 3.05) is 0 Å². The first kappa shape index (κ1) is 14.1. The largest absolute Gasteiger partial charge is 0.416 e. The summed E-state index contributed by atoms with van der Waals surface area (Å²) < 4.78 is 39.4. The average Bonchev–Trinajstić information content (AvgIpc) is 2.36. The highest BCUT2D eigenvalue weighted by atomic mass is 19.4. The lowest BCUT2D eigenvalue weighted by molar-refractivity contribution is -0.137. The molecule has 1 heterocycles. The van der Waals surface area contributed by atoms with E-state index < -0.39 is 23.1 Å². The predicted molar refractivity (Wildman–Crippen MR) is 67.0 cm³/mol.